The van der Waals surface area contributed by atoms with Gasteiger partial charge < -0.3 is 10.2 Å². The van der Waals surface area contributed by atoms with Crippen molar-refractivity contribution >= 4 is 48.6 Å². The minimum atomic E-state index is 0.605. The lowest BCUT2D eigenvalue weighted by atomic mass is 10.1. The van der Waals surface area contributed by atoms with Crippen LogP contribution in [0.15, 0.2) is 43.7 Å². The predicted molar refractivity (Wildman–Crippen MR) is 88.6 cm³/mol. The Morgan fingerprint density at radius 2 is 1.85 bits per heavy atom. The van der Waals surface area contributed by atoms with E-state index in [4.69, 9.17) is 10.2 Å². The van der Waals surface area contributed by atoms with Crippen LogP contribution in [0.1, 0.15) is 12.5 Å². The Balaban J connectivity index is 2.33. The molecule has 0 amide bonds. The van der Waals surface area contributed by atoms with Crippen LogP contribution in [0.3, 0.4) is 0 Å². The monoisotopic (exact) mass is 394 g/mol. The second kappa shape index (κ2) is 5.22. The molecular weight excluding hydrogens is 384 g/mol. The number of rotatable bonds is 2. The van der Waals surface area contributed by atoms with Crippen molar-refractivity contribution in [2.45, 2.75) is 13.3 Å². The van der Waals surface area contributed by atoms with Crippen LogP contribution in [0.2, 0.25) is 0 Å². The van der Waals surface area contributed by atoms with E-state index in [0.29, 0.717) is 11.6 Å². The van der Waals surface area contributed by atoms with Crippen LogP contribution in [0, 0.1) is 0 Å². The fourth-order valence-corrected chi connectivity index (χ4v) is 3.57. The second-order valence-electron chi connectivity index (χ2n) is 4.44. The van der Waals surface area contributed by atoms with Gasteiger partial charge in [0.15, 0.2) is 5.58 Å². The maximum atomic E-state index is 6.10. The summed E-state index contributed by atoms with van der Waals surface area (Å²) < 4.78 is 7.60. The molecule has 3 nitrogen and oxygen atoms in total. The molecule has 5 heteroatoms. The van der Waals surface area contributed by atoms with Gasteiger partial charge in [-0.25, -0.2) is 4.98 Å². The van der Waals surface area contributed by atoms with E-state index in [9.17, 15) is 0 Å². The summed E-state index contributed by atoms with van der Waals surface area (Å²) in [4.78, 5) is 4.58. The first-order chi connectivity index (χ1) is 9.63. The summed E-state index contributed by atoms with van der Waals surface area (Å²) in [5.74, 6) is 0.605. The number of hydrogen-bond acceptors (Lipinski definition) is 3. The summed E-state index contributed by atoms with van der Waals surface area (Å²) in [5.41, 5.74) is 10.3. The third-order valence-electron chi connectivity index (χ3n) is 3.22. The lowest BCUT2D eigenvalue weighted by Gasteiger charge is -2.07. The largest absolute Gasteiger partial charge is 0.436 e. The Labute approximate surface area is 133 Å². The number of nitrogens with zero attached hydrogens (tertiary/aromatic N) is 1. The van der Waals surface area contributed by atoms with Gasteiger partial charge in [0.05, 0.1) is 10.2 Å². The summed E-state index contributed by atoms with van der Waals surface area (Å²) >= 11 is 7.04. The molecule has 0 aliphatic carbocycles. The first-order valence-electron chi connectivity index (χ1n) is 6.24. The van der Waals surface area contributed by atoms with Gasteiger partial charge >= 0.3 is 0 Å². The van der Waals surface area contributed by atoms with Crippen molar-refractivity contribution in [2.24, 2.45) is 0 Å². The van der Waals surface area contributed by atoms with Crippen molar-refractivity contribution in [3.8, 4) is 11.5 Å². The fourth-order valence-electron chi connectivity index (χ4n) is 2.18. The fraction of sp³-hybridized carbons (Fsp3) is 0.133. The molecule has 0 aliphatic heterocycles. The first-order valence-corrected chi connectivity index (χ1v) is 7.83. The van der Waals surface area contributed by atoms with Crippen LogP contribution in [0.4, 0.5) is 5.69 Å². The summed E-state index contributed by atoms with van der Waals surface area (Å²) in [6.45, 7) is 2.07. The van der Waals surface area contributed by atoms with Crippen LogP contribution in [-0.4, -0.2) is 4.98 Å². The van der Waals surface area contributed by atoms with Crippen molar-refractivity contribution in [1.82, 2.24) is 4.98 Å². The van der Waals surface area contributed by atoms with E-state index in [2.05, 4.69) is 43.8 Å². The van der Waals surface area contributed by atoms with Gasteiger partial charge in [-0.05, 0) is 50.4 Å². The molecular formula is C15H12Br2N2O. The summed E-state index contributed by atoms with van der Waals surface area (Å²) in [6, 6.07) is 9.84. The van der Waals surface area contributed by atoms with Crippen LogP contribution in [0.25, 0.3) is 22.6 Å². The lowest BCUT2D eigenvalue weighted by Crippen LogP contribution is -1.94. The molecule has 0 saturated carbocycles. The average Bonchev–Trinajstić information content (AvgIpc) is 2.91. The number of nitrogens with two attached hydrogens (primary N) is 1. The molecule has 102 valence electrons. The highest BCUT2D eigenvalue weighted by Crippen LogP contribution is 2.41. The SMILES string of the molecule is CCc1c(Br)c(N)c(Br)c2nc(-c3ccccc3)oc12. The Bertz CT molecular complexity index is 782. The number of oxazole rings is 1. The topological polar surface area (TPSA) is 52.0 Å². The predicted octanol–water partition coefficient (Wildman–Crippen LogP) is 5.16. The molecule has 0 saturated heterocycles. The molecule has 2 aromatic carbocycles. The smallest absolute Gasteiger partial charge is 0.227 e. The van der Waals surface area contributed by atoms with E-state index >= 15 is 0 Å². The zero-order valence-electron chi connectivity index (χ0n) is 10.8. The molecule has 0 atom stereocenters. The zero-order valence-corrected chi connectivity index (χ0v) is 14.0. The zero-order chi connectivity index (χ0) is 14.3. The van der Waals surface area contributed by atoms with Crippen LogP contribution in [0.5, 0.6) is 0 Å². The molecule has 1 heterocycles. The van der Waals surface area contributed by atoms with Crippen LogP contribution in [-0.2, 0) is 6.42 Å². The van der Waals surface area contributed by atoms with Gasteiger partial charge in [-0.1, -0.05) is 25.1 Å². The highest BCUT2D eigenvalue weighted by atomic mass is 79.9. The lowest BCUT2D eigenvalue weighted by molar-refractivity contribution is 0.615. The molecule has 0 radical (unpaired) electrons. The third-order valence-corrected chi connectivity index (χ3v) is 4.93. The highest BCUT2D eigenvalue weighted by molar-refractivity contribution is 9.11. The minimum absolute atomic E-state index is 0.605. The number of anilines is 1. The molecule has 0 aliphatic rings. The Morgan fingerprint density at radius 1 is 1.15 bits per heavy atom. The molecule has 0 spiro atoms. The average molecular weight is 396 g/mol. The quantitative estimate of drug-likeness (QED) is 0.609. The molecule has 2 N–H and O–H groups in total. The number of halogens is 2. The number of fused-ring (bicyclic) bond motifs is 1. The Hall–Kier alpha value is -1.33. The number of benzene rings is 2. The highest BCUT2D eigenvalue weighted by Gasteiger charge is 2.19. The van der Waals surface area contributed by atoms with E-state index in [-0.39, 0.29) is 0 Å². The Kier molecular flexibility index (Phi) is 3.56. The molecule has 3 aromatic rings. The summed E-state index contributed by atoms with van der Waals surface area (Å²) in [5, 5.41) is 0. The summed E-state index contributed by atoms with van der Waals surface area (Å²) in [7, 11) is 0. The normalized spacial score (nSPS) is 11.2. The molecule has 1 aromatic heterocycles. The number of aryl methyl sites for hydroxylation is 1. The van der Waals surface area contributed by atoms with E-state index in [1.807, 2.05) is 30.3 Å². The first kappa shape index (κ1) is 13.6. The third kappa shape index (κ3) is 2.05. The standard InChI is InChI=1S/C15H12Br2N2O/c1-2-9-10(16)12(18)11(17)13-14(9)20-15(19-13)8-6-4-3-5-7-8/h3-7H,2,18H2,1H3. The van der Waals surface area contributed by atoms with Crippen molar-refractivity contribution in [3.05, 3.63) is 44.8 Å². The van der Waals surface area contributed by atoms with Gasteiger partial charge in [0.25, 0.3) is 0 Å². The summed E-state index contributed by atoms with van der Waals surface area (Å²) in [6.07, 6.45) is 0.817. The second-order valence-corrected chi connectivity index (χ2v) is 6.02. The van der Waals surface area contributed by atoms with Gasteiger partial charge in [-0.2, -0.15) is 0 Å². The van der Waals surface area contributed by atoms with Crippen molar-refractivity contribution in [2.75, 3.05) is 5.73 Å². The molecule has 0 bridgehead atoms. The van der Waals surface area contributed by atoms with Gasteiger partial charge in [0.2, 0.25) is 5.89 Å². The van der Waals surface area contributed by atoms with E-state index in [0.717, 1.165) is 37.6 Å². The minimum Gasteiger partial charge on any atom is -0.436 e. The van der Waals surface area contributed by atoms with Crippen molar-refractivity contribution < 1.29 is 4.42 Å². The number of hydrogen-bond donors (Lipinski definition) is 1. The van der Waals surface area contributed by atoms with Gasteiger partial charge in [0, 0.05) is 15.6 Å². The number of aromatic nitrogens is 1. The van der Waals surface area contributed by atoms with Crippen LogP contribution < -0.4 is 5.73 Å². The van der Waals surface area contributed by atoms with Gasteiger partial charge in [0.1, 0.15) is 5.52 Å². The van der Waals surface area contributed by atoms with Gasteiger partial charge in [-0.3, -0.25) is 0 Å². The molecule has 20 heavy (non-hydrogen) atoms. The van der Waals surface area contributed by atoms with Crippen molar-refractivity contribution in [3.63, 3.8) is 0 Å². The Morgan fingerprint density at radius 3 is 2.50 bits per heavy atom. The number of nitrogen functional groups attached to an aromatic ring is 1. The van der Waals surface area contributed by atoms with Crippen molar-refractivity contribution in [1.29, 1.82) is 0 Å². The van der Waals surface area contributed by atoms with E-state index in [1.54, 1.807) is 0 Å². The molecule has 0 unspecified atom stereocenters. The maximum Gasteiger partial charge on any atom is 0.227 e. The van der Waals surface area contributed by atoms with E-state index < -0.39 is 0 Å². The van der Waals surface area contributed by atoms with E-state index in [1.165, 1.54) is 0 Å². The maximum absolute atomic E-state index is 6.10. The van der Waals surface area contributed by atoms with Gasteiger partial charge in [-0.15, -0.1) is 0 Å². The van der Waals surface area contributed by atoms with Crippen LogP contribution >= 0.6 is 31.9 Å². The molecule has 0 fully saturated rings. The molecule has 3 rings (SSSR count).